The van der Waals surface area contributed by atoms with Crippen LogP contribution >= 0.6 is 0 Å². The lowest BCUT2D eigenvalue weighted by Gasteiger charge is -2.15. The van der Waals surface area contributed by atoms with Crippen LogP contribution in [0.1, 0.15) is 34.3 Å². The van der Waals surface area contributed by atoms with Crippen LogP contribution in [0.5, 0.6) is 0 Å². The summed E-state index contributed by atoms with van der Waals surface area (Å²) in [6, 6.07) is 18.8. The Morgan fingerprint density at radius 1 is 1.12 bits per heavy atom. The third-order valence-corrected chi connectivity index (χ3v) is 4.92. The molecule has 0 bridgehead atoms. The molecule has 1 heterocycles. The fraction of sp³-hybridized carbons (Fsp3) is 0.273. The van der Waals surface area contributed by atoms with E-state index in [1.807, 2.05) is 53.2 Å². The Morgan fingerprint density at radius 2 is 1.81 bits per heavy atom. The zero-order chi connectivity index (χ0) is 18.1. The summed E-state index contributed by atoms with van der Waals surface area (Å²) in [4.78, 5) is 14.9. The van der Waals surface area contributed by atoms with Crippen molar-refractivity contribution in [1.29, 1.82) is 0 Å². The number of carbonyl (C=O) groups is 1. The Bertz CT molecular complexity index is 908. The molecule has 4 nitrogen and oxygen atoms in total. The van der Waals surface area contributed by atoms with Gasteiger partial charge in [-0.15, -0.1) is 0 Å². The summed E-state index contributed by atoms with van der Waals surface area (Å²) >= 11 is 0. The Balaban J connectivity index is 1.71. The molecule has 0 atom stereocenters. The summed E-state index contributed by atoms with van der Waals surface area (Å²) in [6.45, 7) is 2.71. The number of nitrogens with zero attached hydrogens (tertiary/aromatic N) is 3. The van der Waals surface area contributed by atoms with Crippen LogP contribution in [0.4, 0.5) is 0 Å². The SMILES string of the molecule is Cc1ccc(-c2nn(Cc3ccccc3)cc2C(=O)N(C)C2CC2)cc1. The van der Waals surface area contributed by atoms with Crippen molar-refractivity contribution < 1.29 is 4.79 Å². The third-order valence-electron chi connectivity index (χ3n) is 4.92. The number of aromatic nitrogens is 2. The second-order valence-corrected chi connectivity index (χ2v) is 7.09. The first-order valence-corrected chi connectivity index (χ1v) is 9.07. The number of carbonyl (C=O) groups excluding carboxylic acids is 1. The average Bonchev–Trinajstić information content (AvgIpc) is 3.43. The van der Waals surface area contributed by atoms with Gasteiger partial charge < -0.3 is 4.90 Å². The van der Waals surface area contributed by atoms with E-state index >= 15 is 0 Å². The van der Waals surface area contributed by atoms with Crippen molar-refractivity contribution in [3.63, 3.8) is 0 Å². The molecule has 0 saturated heterocycles. The monoisotopic (exact) mass is 345 g/mol. The molecule has 1 amide bonds. The number of benzene rings is 2. The lowest BCUT2D eigenvalue weighted by Crippen LogP contribution is -2.28. The highest BCUT2D eigenvalue weighted by Crippen LogP contribution is 2.30. The quantitative estimate of drug-likeness (QED) is 0.697. The summed E-state index contributed by atoms with van der Waals surface area (Å²) < 4.78 is 1.87. The minimum atomic E-state index is 0.0578. The van der Waals surface area contributed by atoms with Gasteiger partial charge in [-0.3, -0.25) is 9.48 Å². The maximum absolute atomic E-state index is 13.0. The second-order valence-electron chi connectivity index (χ2n) is 7.09. The van der Waals surface area contributed by atoms with E-state index in [0.29, 0.717) is 18.2 Å². The lowest BCUT2D eigenvalue weighted by atomic mass is 10.1. The molecule has 4 heteroatoms. The molecule has 1 saturated carbocycles. The zero-order valence-electron chi connectivity index (χ0n) is 15.2. The minimum absolute atomic E-state index is 0.0578. The Kier molecular flexibility index (Phi) is 4.33. The summed E-state index contributed by atoms with van der Waals surface area (Å²) in [6.07, 6.45) is 4.09. The molecule has 0 radical (unpaired) electrons. The van der Waals surface area contributed by atoms with Crippen LogP contribution in [-0.4, -0.2) is 33.7 Å². The fourth-order valence-corrected chi connectivity index (χ4v) is 3.17. The van der Waals surface area contributed by atoms with Gasteiger partial charge in [-0.25, -0.2) is 0 Å². The molecule has 0 unspecified atom stereocenters. The van der Waals surface area contributed by atoms with Gasteiger partial charge in [0.05, 0.1) is 12.1 Å². The molecular formula is C22H23N3O. The van der Waals surface area contributed by atoms with Crippen molar-refractivity contribution in [1.82, 2.24) is 14.7 Å². The molecule has 26 heavy (non-hydrogen) atoms. The predicted octanol–water partition coefficient (Wildman–Crippen LogP) is 4.14. The largest absolute Gasteiger partial charge is 0.339 e. The smallest absolute Gasteiger partial charge is 0.257 e. The van der Waals surface area contributed by atoms with Crippen molar-refractivity contribution >= 4 is 5.91 Å². The number of amides is 1. The van der Waals surface area contributed by atoms with Crippen molar-refractivity contribution in [2.24, 2.45) is 0 Å². The highest BCUT2D eigenvalue weighted by Gasteiger charge is 2.32. The number of rotatable bonds is 5. The zero-order valence-corrected chi connectivity index (χ0v) is 15.2. The molecular weight excluding hydrogens is 322 g/mol. The molecule has 1 aromatic heterocycles. The van der Waals surface area contributed by atoms with Gasteiger partial charge >= 0.3 is 0 Å². The van der Waals surface area contributed by atoms with E-state index in [1.54, 1.807) is 0 Å². The summed E-state index contributed by atoms with van der Waals surface area (Å²) in [5.74, 6) is 0.0578. The molecule has 0 aliphatic heterocycles. The Labute approximate surface area is 154 Å². The van der Waals surface area contributed by atoms with E-state index in [2.05, 4.69) is 31.2 Å². The predicted molar refractivity (Wildman–Crippen MR) is 103 cm³/mol. The average molecular weight is 345 g/mol. The molecule has 3 aromatic rings. The number of hydrogen-bond donors (Lipinski definition) is 0. The van der Waals surface area contributed by atoms with Crippen molar-refractivity contribution in [2.45, 2.75) is 32.4 Å². The topological polar surface area (TPSA) is 38.1 Å². The first-order valence-electron chi connectivity index (χ1n) is 9.07. The van der Waals surface area contributed by atoms with Crippen LogP contribution in [0.3, 0.4) is 0 Å². The fourth-order valence-electron chi connectivity index (χ4n) is 3.17. The van der Waals surface area contributed by atoms with Crippen LogP contribution in [0.15, 0.2) is 60.8 Å². The van der Waals surface area contributed by atoms with E-state index < -0.39 is 0 Å². The van der Waals surface area contributed by atoms with Crippen LogP contribution in [0.25, 0.3) is 11.3 Å². The van der Waals surface area contributed by atoms with Crippen molar-refractivity contribution in [2.75, 3.05) is 7.05 Å². The standard InChI is InChI=1S/C22H23N3O/c1-16-8-10-18(11-9-16)21-20(22(26)24(2)19-12-13-19)15-25(23-21)14-17-6-4-3-5-7-17/h3-11,15,19H,12-14H2,1-2H3. The van der Waals surface area contributed by atoms with Gasteiger partial charge in [0.15, 0.2) is 0 Å². The van der Waals surface area contributed by atoms with Gasteiger partial charge in [0.2, 0.25) is 0 Å². The Morgan fingerprint density at radius 3 is 2.46 bits per heavy atom. The molecule has 1 fully saturated rings. The van der Waals surface area contributed by atoms with Crippen LogP contribution in [0, 0.1) is 6.92 Å². The van der Waals surface area contributed by atoms with E-state index in [9.17, 15) is 4.79 Å². The normalized spacial score (nSPS) is 13.6. The molecule has 0 spiro atoms. The van der Waals surface area contributed by atoms with E-state index in [-0.39, 0.29) is 5.91 Å². The molecule has 132 valence electrons. The molecule has 1 aliphatic rings. The van der Waals surface area contributed by atoms with E-state index in [4.69, 9.17) is 5.10 Å². The summed E-state index contributed by atoms with van der Waals surface area (Å²) in [7, 11) is 1.90. The number of hydrogen-bond acceptors (Lipinski definition) is 2. The highest BCUT2D eigenvalue weighted by molar-refractivity contribution is 6.00. The third kappa shape index (κ3) is 3.40. The van der Waals surface area contributed by atoms with E-state index in [0.717, 1.165) is 24.1 Å². The van der Waals surface area contributed by atoms with Gasteiger partial charge in [0.25, 0.3) is 5.91 Å². The van der Waals surface area contributed by atoms with Crippen LogP contribution in [0.2, 0.25) is 0 Å². The lowest BCUT2D eigenvalue weighted by molar-refractivity contribution is 0.0785. The van der Waals surface area contributed by atoms with Crippen LogP contribution in [-0.2, 0) is 6.54 Å². The Hall–Kier alpha value is -2.88. The van der Waals surface area contributed by atoms with Gasteiger partial charge in [-0.05, 0) is 25.3 Å². The van der Waals surface area contributed by atoms with Crippen molar-refractivity contribution in [3.05, 3.63) is 77.5 Å². The van der Waals surface area contributed by atoms with Crippen LogP contribution < -0.4 is 0 Å². The molecule has 1 aliphatic carbocycles. The summed E-state index contributed by atoms with van der Waals surface area (Å²) in [5, 5.41) is 4.76. The summed E-state index contributed by atoms with van der Waals surface area (Å²) in [5.41, 5.74) is 4.79. The molecule has 0 N–H and O–H groups in total. The van der Waals surface area contributed by atoms with Gasteiger partial charge in [0, 0.05) is 24.8 Å². The maximum Gasteiger partial charge on any atom is 0.257 e. The number of aryl methyl sites for hydroxylation is 1. The van der Waals surface area contributed by atoms with Gasteiger partial charge in [-0.2, -0.15) is 5.10 Å². The highest BCUT2D eigenvalue weighted by atomic mass is 16.2. The first-order chi connectivity index (χ1) is 12.6. The molecule has 2 aromatic carbocycles. The molecule has 4 rings (SSSR count). The van der Waals surface area contributed by atoms with E-state index in [1.165, 1.54) is 11.1 Å². The van der Waals surface area contributed by atoms with Gasteiger partial charge in [0.1, 0.15) is 5.69 Å². The maximum atomic E-state index is 13.0. The first kappa shape index (κ1) is 16.6. The van der Waals surface area contributed by atoms with Crippen molar-refractivity contribution in [3.8, 4) is 11.3 Å². The van der Waals surface area contributed by atoms with Gasteiger partial charge in [-0.1, -0.05) is 60.2 Å². The minimum Gasteiger partial charge on any atom is -0.339 e. The second kappa shape index (κ2) is 6.79.